The topological polar surface area (TPSA) is 0 Å². The molecule has 0 saturated heterocycles. The molecule has 0 fully saturated rings. The first kappa shape index (κ1) is 13.9. The first-order chi connectivity index (χ1) is 5.99. The molecule has 0 unspecified atom stereocenters. The number of hydrogen-bond donors (Lipinski definition) is 0. The van der Waals surface area contributed by atoms with Crippen LogP contribution in [0.1, 0.15) is 27.2 Å². The predicted octanol–water partition coefficient (Wildman–Crippen LogP) is 4.50. The van der Waals surface area contributed by atoms with E-state index in [4.69, 9.17) is 17.0 Å². The van der Waals surface area contributed by atoms with Crippen LogP contribution in [0.25, 0.3) is 0 Å². The Kier molecular flexibility index (Phi) is 7.79. The average molecular weight is 297 g/mol. The standard InChI is InChI=1S/C10H15.2ClH.Zr/c1-10(2,3)8-9-6-4-5-7-9;;;/h4-7H,8H2,1-3H3;2*1H;/q;;;+2/p-2. The number of halogens is 2. The summed E-state index contributed by atoms with van der Waals surface area (Å²) in [6, 6.07) is 0. The van der Waals surface area contributed by atoms with Crippen molar-refractivity contribution in [1.29, 1.82) is 0 Å². The zero-order valence-corrected chi connectivity index (χ0v) is 12.2. The van der Waals surface area contributed by atoms with Gasteiger partial charge in [0.1, 0.15) is 0 Å². The maximum atomic E-state index is 4.93. The molecule has 0 saturated carbocycles. The van der Waals surface area contributed by atoms with Crippen LogP contribution in [-0.2, 0) is 20.8 Å². The molecule has 3 heteroatoms. The molecule has 0 aromatic carbocycles. The molecule has 0 amide bonds. The van der Waals surface area contributed by atoms with Crippen LogP contribution in [0.15, 0.2) is 23.8 Å². The Morgan fingerprint density at radius 1 is 1.31 bits per heavy atom. The number of allylic oxidation sites excluding steroid dienone is 4. The summed E-state index contributed by atoms with van der Waals surface area (Å²) in [5, 5.41) is 0. The van der Waals surface area contributed by atoms with Crippen molar-refractivity contribution in [2.75, 3.05) is 0 Å². The van der Waals surface area contributed by atoms with Crippen molar-refractivity contribution < 1.29 is 20.8 Å². The van der Waals surface area contributed by atoms with E-state index in [1.165, 1.54) is 12.0 Å². The Balaban J connectivity index is 0.000000424. The summed E-state index contributed by atoms with van der Waals surface area (Å²) in [5.74, 6) is 0. The molecule has 73 valence electrons. The molecule has 1 rings (SSSR count). The zero-order chi connectivity index (χ0) is 10.3. The second kappa shape index (κ2) is 7.26. The van der Waals surface area contributed by atoms with Gasteiger partial charge >= 0.3 is 37.9 Å². The monoisotopic (exact) mass is 295 g/mol. The summed E-state index contributed by atoms with van der Waals surface area (Å²) >= 11 is -0.826. The van der Waals surface area contributed by atoms with Crippen LogP contribution >= 0.6 is 17.0 Å². The van der Waals surface area contributed by atoms with Crippen LogP contribution in [-0.4, -0.2) is 0 Å². The molecular weight excluding hydrogens is 282 g/mol. The molecule has 0 spiro atoms. The van der Waals surface area contributed by atoms with E-state index in [-0.39, 0.29) is 0 Å². The summed E-state index contributed by atoms with van der Waals surface area (Å²) in [6.07, 6.45) is 9.75. The molecule has 1 aliphatic rings. The summed E-state index contributed by atoms with van der Waals surface area (Å²) in [5.41, 5.74) is 1.88. The Bertz CT molecular complexity index is 190. The molecule has 0 nitrogen and oxygen atoms in total. The van der Waals surface area contributed by atoms with Crippen molar-refractivity contribution in [2.24, 2.45) is 5.41 Å². The van der Waals surface area contributed by atoms with Crippen LogP contribution in [0.2, 0.25) is 0 Å². The molecule has 0 bridgehead atoms. The van der Waals surface area contributed by atoms with Gasteiger partial charge in [0.2, 0.25) is 0 Å². The zero-order valence-electron chi connectivity index (χ0n) is 8.27. The van der Waals surface area contributed by atoms with Crippen molar-refractivity contribution in [1.82, 2.24) is 0 Å². The van der Waals surface area contributed by atoms with Crippen molar-refractivity contribution in [3.05, 3.63) is 30.2 Å². The fourth-order valence-corrected chi connectivity index (χ4v) is 1.14. The second-order valence-corrected chi connectivity index (χ2v) is 7.83. The van der Waals surface area contributed by atoms with Gasteiger partial charge in [-0.25, -0.2) is 0 Å². The molecule has 1 aliphatic carbocycles. The summed E-state index contributed by atoms with van der Waals surface area (Å²) < 4.78 is 0. The van der Waals surface area contributed by atoms with Gasteiger partial charge in [-0.05, 0) is 11.8 Å². The van der Waals surface area contributed by atoms with E-state index in [1.54, 1.807) is 0 Å². The Morgan fingerprint density at radius 3 is 2.15 bits per heavy atom. The van der Waals surface area contributed by atoms with Gasteiger partial charge in [-0.2, -0.15) is 0 Å². The van der Waals surface area contributed by atoms with E-state index >= 15 is 0 Å². The summed E-state index contributed by atoms with van der Waals surface area (Å²) in [6.45, 7) is 6.79. The van der Waals surface area contributed by atoms with Crippen molar-refractivity contribution in [2.45, 2.75) is 27.2 Å². The van der Waals surface area contributed by atoms with Crippen LogP contribution in [0.4, 0.5) is 0 Å². The second-order valence-electron chi connectivity index (χ2n) is 4.10. The van der Waals surface area contributed by atoms with Crippen LogP contribution in [0.3, 0.4) is 0 Å². The third-order valence-electron chi connectivity index (χ3n) is 1.47. The van der Waals surface area contributed by atoms with Gasteiger partial charge in [0.05, 0.1) is 0 Å². The van der Waals surface area contributed by atoms with Crippen molar-refractivity contribution in [3.63, 3.8) is 0 Å². The van der Waals surface area contributed by atoms with Crippen LogP contribution < -0.4 is 0 Å². The SMILES string of the molecule is CC(C)(C)CC1=C[CH]C=C1.[Cl][Zr][Cl]. The van der Waals surface area contributed by atoms with Gasteiger partial charge in [-0.15, -0.1) is 0 Å². The first-order valence-corrected chi connectivity index (χ1v) is 10.5. The summed E-state index contributed by atoms with van der Waals surface area (Å²) in [7, 11) is 9.87. The maximum absolute atomic E-state index is 4.93. The summed E-state index contributed by atoms with van der Waals surface area (Å²) in [4.78, 5) is 0. The van der Waals surface area contributed by atoms with Crippen molar-refractivity contribution >= 4 is 17.0 Å². The Hall–Kier alpha value is 0.943. The third-order valence-corrected chi connectivity index (χ3v) is 1.47. The molecule has 0 aromatic heterocycles. The molecule has 0 aliphatic heterocycles. The van der Waals surface area contributed by atoms with Gasteiger partial charge in [-0.3, -0.25) is 0 Å². The molecule has 1 radical (unpaired) electrons. The van der Waals surface area contributed by atoms with Gasteiger partial charge in [0, 0.05) is 6.42 Å². The van der Waals surface area contributed by atoms with Crippen LogP contribution in [0, 0.1) is 11.8 Å². The normalized spacial score (nSPS) is 14.7. The van der Waals surface area contributed by atoms with Crippen molar-refractivity contribution in [3.8, 4) is 0 Å². The Morgan fingerprint density at radius 2 is 1.85 bits per heavy atom. The first-order valence-electron chi connectivity index (χ1n) is 4.16. The molecule has 13 heavy (non-hydrogen) atoms. The number of rotatable bonds is 1. The van der Waals surface area contributed by atoms with Gasteiger partial charge in [0.25, 0.3) is 0 Å². The average Bonchev–Trinajstić information content (AvgIpc) is 2.37. The molecule has 0 heterocycles. The van der Waals surface area contributed by atoms with E-state index in [2.05, 4.69) is 45.4 Å². The molecule has 0 aromatic rings. The van der Waals surface area contributed by atoms with E-state index in [0.29, 0.717) is 5.41 Å². The van der Waals surface area contributed by atoms with E-state index in [1.807, 2.05) is 0 Å². The minimum atomic E-state index is -0.826. The Labute approximate surface area is 100 Å². The fourth-order valence-electron chi connectivity index (χ4n) is 1.14. The fraction of sp³-hybridized carbons (Fsp3) is 0.500. The third kappa shape index (κ3) is 9.25. The van der Waals surface area contributed by atoms with Gasteiger partial charge in [0.15, 0.2) is 0 Å². The van der Waals surface area contributed by atoms with Gasteiger partial charge < -0.3 is 0 Å². The van der Waals surface area contributed by atoms with E-state index < -0.39 is 20.8 Å². The molecular formula is C10H15Cl2Zr. The van der Waals surface area contributed by atoms with E-state index in [0.717, 1.165) is 0 Å². The minimum absolute atomic E-state index is 0.425. The van der Waals surface area contributed by atoms with E-state index in [9.17, 15) is 0 Å². The molecule has 0 atom stereocenters. The number of hydrogen-bond acceptors (Lipinski definition) is 0. The van der Waals surface area contributed by atoms with Crippen LogP contribution in [0.5, 0.6) is 0 Å². The quantitative estimate of drug-likeness (QED) is 0.668. The van der Waals surface area contributed by atoms with Gasteiger partial charge in [-0.1, -0.05) is 44.6 Å². The molecule has 0 N–H and O–H groups in total. The predicted molar refractivity (Wildman–Crippen MR) is 57.3 cm³/mol.